The molecule has 0 spiro atoms. The summed E-state index contributed by atoms with van der Waals surface area (Å²) in [6.45, 7) is 5.75. The van der Waals surface area contributed by atoms with Crippen LogP contribution in [0.5, 0.6) is 0 Å². The van der Waals surface area contributed by atoms with Crippen LogP contribution in [0.15, 0.2) is 18.2 Å². The first kappa shape index (κ1) is 16.3. The first-order valence-corrected chi connectivity index (χ1v) is 9.87. The van der Waals surface area contributed by atoms with E-state index in [1.165, 1.54) is 9.71 Å². The van der Waals surface area contributed by atoms with Crippen molar-refractivity contribution in [2.45, 2.75) is 25.7 Å². The molecule has 0 radical (unpaired) electrons. The van der Waals surface area contributed by atoms with E-state index in [1.807, 2.05) is 18.2 Å². The largest absolute Gasteiger partial charge is 0.342 e. The van der Waals surface area contributed by atoms with Gasteiger partial charge >= 0.3 is 0 Å². The molecule has 2 fully saturated rings. The van der Waals surface area contributed by atoms with Gasteiger partial charge in [0.2, 0.25) is 5.91 Å². The first-order chi connectivity index (χ1) is 11.6. The summed E-state index contributed by atoms with van der Waals surface area (Å²) < 4.78 is 1.19. The Morgan fingerprint density at radius 2 is 2.12 bits per heavy atom. The highest BCUT2D eigenvalue weighted by atomic mass is 35.5. The SMILES string of the molecule is CC(C(=O)N1CCC(c2nc3cc(Cl)ccc3s2)CC1)C1CNC1. The van der Waals surface area contributed by atoms with Gasteiger partial charge in [-0.25, -0.2) is 4.98 Å². The van der Waals surface area contributed by atoms with Crippen molar-refractivity contribution in [1.29, 1.82) is 0 Å². The summed E-state index contributed by atoms with van der Waals surface area (Å²) in [6.07, 6.45) is 2.02. The maximum atomic E-state index is 12.6. The number of nitrogens with one attached hydrogen (secondary N) is 1. The standard InChI is InChI=1S/C18H22ClN3OS/c1-11(13-9-20-10-13)18(23)22-6-4-12(5-7-22)17-21-15-8-14(19)2-3-16(15)24-17/h2-3,8,11-13,20H,4-7,9-10H2,1H3. The van der Waals surface area contributed by atoms with Crippen molar-refractivity contribution in [1.82, 2.24) is 15.2 Å². The minimum Gasteiger partial charge on any atom is -0.342 e. The van der Waals surface area contributed by atoms with Gasteiger partial charge in [0, 0.05) is 29.9 Å². The van der Waals surface area contributed by atoms with Gasteiger partial charge in [0.15, 0.2) is 0 Å². The van der Waals surface area contributed by atoms with Crippen LogP contribution in [0.25, 0.3) is 10.2 Å². The van der Waals surface area contributed by atoms with Crippen LogP contribution in [0, 0.1) is 11.8 Å². The number of carbonyl (C=O) groups excluding carboxylic acids is 1. The molecular formula is C18H22ClN3OS. The molecule has 1 atom stereocenters. The second-order valence-corrected chi connectivity index (χ2v) is 8.47. The molecule has 2 aromatic rings. The third kappa shape index (κ3) is 3.05. The average molecular weight is 364 g/mol. The normalized spacial score (nSPS) is 21.0. The Balaban J connectivity index is 1.40. The van der Waals surface area contributed by atoms with Crippen molar-refractivity contribution in [2.75, 3.05) is 26.2 Å². The molecule has 24 heavy (non-hydrogen) atoms. The summed E-state index contributed by atoms with van der Waals surface area (Å²) in [5.41, 5.74) is 0.993. The number of hydrogen-bond acceptors (Lipinski definition) is 4. The summed E-state index contributed by atoms with van der Waals surface area (Å²) in [7, 11) is 0. The number of nitrogens with zero attached hydrogens (tertiary/aromatic N) is 2. The van der Waals surface area contributed by atoms with Crippen LogP contribution in [0.3, 0.4) is 0 Å². The lowest BCUT2D eigenvalue weighted by molar-refractivity contribution is -0.138. The zero-order valence-corrected chi connectivity index (χ0v) is 15.4. The van der Waals surface area contributed by atoms with E-state index in [9.17, 15) is 4.79 Å². The first-order valence-electron chi connectivity index (χ1n) is 8.67. The predicted molar refractivity (Wildman–Crippen MR) is 98.7 cm³/mol. The molecule has 1 aromatic heterocycles. The monoisotopic (exact) mass is 363 g/mol. The molecule has 2 saturated heterocycles. The van der Waals surface area contributed by atoms with Gasteiger partial charge in [-0.3, -0.25) is 4.79 Å². The van der Waals surface area contributed by atoms with Crippen molar-refractivity contribution in [3.8, 4) is 0 Å². The number of amides is 1. The van der Waals surface area contributed by atoms with E-state index in [0.717, 1.165) is 49.6 Å². The number of rotatable bonds is 3. The lowest BCUT2D eigenvalue weighted by Crippen LogP contribution is -2.51. The fraction of sp³-hybridized carbons (Fsp3) is 0.556. The number of benzene rings is 1. The third-order valence-corrected chi connectivity index (χ3v) is 6.87. The van der Waals surface area contributed by atoms with Crippen molar-refractivity contribution >= 4 is 39.1 Å². The second-order valence-electron chi connectivity index (χ2n) is 6.97. The van der Waals surface area contributed by atoms with Crippen LogP contribution in [-0.4, -0.2) is 42.0 Å². The molecule has 6 heteroatoms. The van der Waals surface area contributed by atoms with E-state index >= 15 is 0 Å². The van der Waals surface area contributed by atoms with Crippen LogP contribution < -0.4 is 5.32 Å². The molecule has 0 bridgehead atoms. The quantitative estimate of drug-likeness (QED) is 0.907. The maximum absolute atomic E-state index is 12.6. The van der Waals surface area contributed by atoms with Gasteiger partial charge < -0.3 is 10.2 Å². The van der Waals surface area contributed by atoms with Crippen LogP contribution in [0.1, 0.15) is 30.7 Å². The molecule has 4 rings (SSSR count). The number of likely N-dealkylation sites (tertiary alicyclic amines) is 1. The number of halogens is 1. The molecule has 1 N–H and O–H groups in total. The minimum atomic E-state index is 0.146. The topological polar surface area (TPSA) is 45.2 Å². The molecule has 2 aliphatic rings. The summed E-state index contributed by atoms with van der Waals surface area (Å²) >= 11 is 7.82. The fourth-order valence-electron chi connectivity index (χ4n) is 3.59. The maximum Gasteiger partial charge on any atom is 0.225 e. The molecule has 3 heterocycles. The van der Waals surface area contributed by atoms with E-state index in [0.29, 0.717) is 17.7 Å². The van der Waals surface area contributed by atoms with Gasteiger partial charge in [-0.2, -0.15) is 0 Å². The van der Waals surface area contributed by atoms with Crippen molar-refractivity contribution in [3.63, 3.8) is 0 Å². The van der Waals surface area contributed by atoms with E-state index in [-0.39, 0.29) is 5.92 Å². The molecule has 1 unspecified atom stereocenters. The lowest BCUT2D eigenvalue weighted by atomic mass is 9.87. The Hall–Kier alpha value is -1.17. The van der Waals surface area contributed by atoms with Gasteiger partial charge in [0.25, 0.3) is 0 Å². The summed E-state index contributed by atoms with van der Waals surface area (Å²) in [6, 6.07) is 5.90. The second kappa shape index (κ2) is 6.62. The van der Waals surface area contributed by atoms with Gasteiger partial charge in [0.05, 0.1) is 15.2 Å². The van der Waals surface area contributed by atoms with Crippen molar-refractivity contribution in [3.05, 3.63) is 28.2 Å². The van der Waals surface area contributed by atoms with Gasteiger partial charge in [0.1, 0.15) is 0 Å². The van der Waals surface area contributed by atoms with Crippen molar-refractivity contribution in [2.24, 2.45) is 11.8 Å². The van der Waals surface area contributed by atoms with Gasteiger partial charge in [-0.1, -0.05) is 18.5 Å². The summed E-state index contributed by atoms with van der Waals surface area (Å²) in [5, 5.41) is 5.18. The number of aromatic nitrogens is 1. The van der Waals surface area contributed by atoms with Gasteiger partial charge in [-0.05, 0) is 50.0 Å². The fourth-order valence-corrected chi connectivity index (χ4v) is 4.88. The molecule has 4 nitrogen and oxygen atoms in total. The highest BCUT2D eigenvalue weighted by Crippen LogP contribution is 2.35. The summed E-state index contributed by atoms with van der Waals surface area (Å²) in [5.74, 6) is 1.46. The molecule has 0 saturated carbocycles. The van der Waals surface area contributed by atoms with Crippen LogP contribution in [0.2, 0.25) is 5.02 Å². The Morgan fingerprint density at radius 1 is 1.38 bits per heavy atom. The van der Waals surface area contributed by atoms with Crippen LogP contribution >= 0.6 is 22.9 Å². The Labute approximate surface area is 151 Å². The summed E-state index contributed by atoms with van der Waals surface area (Å²) in [4.78, 5) is 19.5. The zero-order valence-electron chi connectivity index (χ0n) is 13.8. The predicted octanol–water partition coefficient (Wildman–Crippen LogP) is 3.51. The molecule has 1 amide bonds. The molecule has 128 valence electrons. The minimum absolute atomic E-state index is 0.146. The Bertz CT molecular complexity index is 750. The number of hydrogen-bond donors (Lipinski definition) is 1. The third-order valence-electron chi connectivity index (χ3n) is 5.43. The van der Waals surface area contributed by atoms with Crippen molar-refractivity contribution < 1.29 is 4.79 Å². The highest BCUT2D eigenvalue weighted by Gasteiger charge is 2.33. The molecule has 2 aliphatic heterocycles. The van der Waals surface area contributed by atoms with Gasteiger partial charge in [-0.15, -0.1) is 11.3 Å². The number of thiazole rings is 1. The van der Waals surface area contributed by atoms with E-state index in [2.05, 4.69) is 17.1 Å². The number of carbonyl (C=O) groups is 1. The number of fused-ring (bicyclic) bond motifs is 1. The molecular weight excluding hydrogens is 342 g/mol. The Morgan fingerprint density at radius 3 is 2.79 bits per heavy atom. The van der Waals surface area contributed by atoms with Crippen LogP contribution in [-0.2, 0) is 4.79 Å². The number of piperidine rings is 1. The van der Waals surface area contributed by atoms with E-state index < -0.39 is 0 Å². The Kier molecular flexibility index (Phi) is 4.50. The van der Waals surface area contributed by atoms with E-state index in [4.69, 9.17) is 16.6 Å². The van der Waals surface area contributed by atoms with E-state index in [1.54, 1.807) is 11.3 Å². The highest BCUT2D eigenvalue weighted by molar-refractivity contribution is 7.18. The zero-order chi connectivity index (χ0) is 16.7. The molecule has 1 aromatic carbocycles. The lowest BCUT2D eigenvalue weighted by Gasteiger charge is -2.37. The van der Waals surface area contributed by atoms with Crippen LogP contribution in [0.4, 0.5) is 0 Å². The smallest absolute Gasteiger partial charge is 0.225 e. The average Bonchev–Trinajstić information content (AvgIpc) is 2.95. The molecule has 0 aliphatic carbocycles.